The van der Waals surface area contributed by atoms with Crippen LogP contribution >= 0.6 is 0 Å². The minimum Gasteiger partial charge on any atom is -0.211 e. The molecule has 0 heterocycles. The number of hydrogen-bond acceptors (Lipinski definition) is 2. The third-order valence-corrected chi connectivity index (χ3v) is 3.00. The lowest BCUT2D eigenvalue weighted by Crippen LogP contribution is -2.25. The van der Waals surface area contributed by atoms with Gasteiger partial charge in [0.25, 0.3) is 0 Å². The monoisotopic (exact) mass is 239 g/mol. The largest absolute Gasteiger partial charge is 0.233 e. The highest BCUT2D eigenvalue weighted by molar-refractivity contribution is 7.92. The summed E-state index contributed by atoms with van der Waals surface area (Å²) in [6.45, 7) is 4.38. The number of hydrogen-bond donors (Lipinski definition) is 1. The molecule has 4 heteroatoms. The van der Waals surface area contributed by atoms with Gasteiger partial charge in [-0.15, -0.1) is 0 Å². The lowest BCUT2D eigenvalue weighted by molar-refractivity contribution is 0.568. The van der Waals surface area contributed by atoms with Gasteiger partial charge in [0, 0.05) is 12.0 Å². The second kappa shape index (κ2) is 5.82. The first-order chi connectivity index (χ1) is 7.49. The zero-order valence-electron chi connectivity index (χ0n) is 9.55. The van der Waals surface area contributed by atoms with Crippen LogP contribution in [0.3, 0.4) is 0 Å². The van der Waals surface area contributed by atoms with Crippen molar-refractivity contribution in [2.45, 2.75) is 13.8 Å². The van der Waals surface area contributed by atoms with Crippen molar-refractivity contribution in [2.24, 2.45) is 5.92 Å². The van der Waals surface area contributed by atoms with E-state index in [1.165, 1.54) is 5.41 Å². The van der Waals surface area contributed by atoms with E-state index < -0.39 is 10.0 Å². The van der Waals surface area contributed by atoms with Gasteiger partial charge in [-0.1, -0.05) is 44.2 Å². The summed E-state index contributed by atoms with van der Waals surface area (Å²) in [5, 5.41) is 1.20. The van der Waals surface area contributed by atoms with E-state index in [9.17, 15) is 8.42 Å². The molecule has 0 aliphatic carbocycles. The molecular formula is C12H17NO2S. The minimum absolute atomic E-state index is 0.305. The summed E-state index contributed by atoms with van der Waals surface area (Å²) in [5.41, 5.74) is 0.873. The minimum atomic E-state index is -3.31. The molecule has 0 atom stereocenters. The molecule has 0 unspecified atom stereocenters. The summed E-state index contributed by atoms with van der Waals surface area (Å²) in [6, 6.07) is 9.34. The first-order valence-electron chi connectivity index (χ1n) is 5.22. The van der Waals surface area contributed by atoms with Gasteiger partial charge >= 0.3 is 0 Å². The van der Waals surface area contributed by atoms with E-state index in [4.69, 9.17) is 0 Å². The third-order valence-electron chi connectivity index (χ3n) is 1.93. The van der Waals surface area contributed by atoms with E-state index in [1.54, 1.807) is 6.08 Å². The molecular weight excluding hydrogens is 222 g/mol. The quantitative estimate of drug-likeness (QED) is 0.856. The van der Waals surface area contributed by atoms with Gasteiger partial charge in [0.2, 0.25) is 10.0 Å². The Bertz CT molecular complexity index is 435. The van der Waals surface area contributed by atoms with Crippen LogP contribution < -0.4 is 4.72 Å². The van der Waals surface area contributed by atoms with Gasteiger partial charge < -0.3 is 0 Å². The fraction of sp³-hybridized carbons (Fsp3) is 0.333. The summed E-state index contributed by atoms with van der Waals surface area (Å²) in [7, 11) is -3.31. The second-order valence-electron chi connectivity index (χ2n) is 4.00. The van der Waals surface area contributed by atoms with Crippen molar-refractivity contribution in [3.63, 3.8) is 0 Å². The van der Waals surface area contributed by atoms with E-state index in [0.717, 1.165) is 5.56 Å². The fourth-order valence-electron chi connectivity index (χ4n) is 1.06. The predicted molar refractivity (Wildman–Crippen MR) is 67.2 cm³/mol. The standard InChI is InChI=1S/C12H17NO2S/c1-11(2)10-13-16(14,15)9-8-12-6-4-3-5-7-12/h3-9,11,13H,10H2,1-2H3/b9-8+. The van der Waals surface area contributed by atoms with Gasteiger partial charge in [0.1, 0.15) is 0 Å². The van der Waals surface area contributed by atoms with Crippen molar-refractivity contribution in [1.82, 2.24) is 4.72 Å². The fourth-order valence-corrected chi connectivity index (χ4v) is 2.06. The summed E-state index contributed by atoms with van der Waals surface area (Å²) in [6.07, 6.45) is 1.59. The maximum absolute atomic E-state index is 11.5. The SMILES string of the molecule is CC(C)CNS(=O)(=O)/C=C/c1ccccc1. The van der Waals surface area contributed by atoms with Crippen LogP contribution in [0.15, 0.2) is 35.7 Å². The van der Waals surface area contributed by atoms with Crippen molar-refractivity contribution in [2.75, 3.05) is 6.54 Å². The molecule has 0 saturated carbocycles. The first-order valence-corrected chi connectivity index (χ1v) is 6.77. The Kier molecular flexibility index (Phi) is 4.71. The smallest absolute Gasteiger partial charge is 0.211 e. The highest BCUT2D eigenvalue weighted by Crippen LogP contribution is 2.02. The Morgan fingerprint density at radius 2 is 1.88 bits per heavy atom. The summed E-state index contributed by atoms with van der Waals surface area (Å²) in [5.74, 6) is 0.305. The molecule has 0 aliphatic heterocycles. The van der Waals surface area contributed by atoms with Crippen LogP contribution in [0.4, 0.5) is 0 Å². The van der Waals surface area contributed by atoms with E-state index in [0.29, 0.717) is 12.5 Å². The molecule has 1 N–H and O–H groups in total. The van der Waals surface area contributed by atoms with Crippen molar-refractivity contribution in [3.05, 3.63) is 41.3 Å². The molecule has 0 spiro atoms. The van der Waals surface area contributed by atoms with Crippen LogP contribution in [0, 0.1) is 5.92 Å². The van der Waals surface area contributed by atoms with Gasteiger partial charge in [-0.3, -0.25) is 0 Å². The van der Waals surface area contributed by atoms with Crippen molar-refractivity contribution in [3.8, 4) is 0 Å². The Morgan fingerprint density at radius 3 is 2.44 bits per heavy atom. The van der Waals surface area contributed by atoms with Crippen LogP contribution in [0.1, 0.15) is 19.4 Å². The molecule has 0 saturated heterocycles. The van der Waals surface area contributed by atoms with Crippen molar-refractivity contribution < 1.29 is 8.42 Å². The van der Waals surface area contributed by atoms with E-state index in [-0.39, 0.29) is 0 Å². The van der Waals surface area contributed by atoms with E-state index >= 15 is 0 Å². The normalized spacial score (nSPS) is 12.4. The van der Waals surface area contributed by atoms with Crippen LogP contribution in [-0.2, 0) is 10.0 Å². The Hall–Kier alpha value is -1.13. The molecule has 1 rings (SSSR count). The van der Waals surface area contributed by atoms with Gasteiger partial charge in [-0.05, 0) is 17.6 Å². The van der Waals surface area contributed by atoms with E-state index in [2.05, 4.69) is 4.72 Å². The van der Waals surface area contributed by atoms with Gasteiger partial charge in [-0.2, -0.15) is 0 Å². The number of sulfonamides is 1. The average molecular weight is 239 g/mol. The molecule has 3 nitrogen and oxygen atoms in total. The molecule has 0 aromatic heterocycles. The molecule has 0 aliphatic rings. The van der Waals surface area contributed by atoms with Crippen LogP contribution in [0.25, 0.3) is 6.08 Å². The van der Waals surface area contributed by atoms with Crippen LogP contribution in [-0.4, -0.2) is 15.0 Å². The Morgan fingerprint density at radius 1 is 1.25 bits per heavy atom. The summed E-state index contributed by atoms with van der Waals surface area (Å²) in [4.78, 5) is 0. The highest BCUT2D eigenvalue weighted by atomic mass is 32.2. The van der Waals surface area contributed by atoms with Gasteiger partial charge in [-0.25, -0.2) is 13.1 Å². The maximum Gasteiger partial charge on any atom is 0.233 e. The lowest BCUT2D eigenvalue weighted by Gasteiger charge is -2.04. The molecule has 1 aromatic rings. The van der Waals surface area contributed by atoms with Crippen molar-refractivity contribution in [1.29, 1.82) is 0 Å². The maximum atomic E-state index is 11.5. The molecule has 0 bridgehead atoms. The molecule has 0 fully saturated rings. The molecule has 0 amide bonds. The van der Waals surface area contributed by atoms with Crippen LogP contribution in [0.2, 0.25) is 0 Å². The predicted octanol–water partition coefficient (Wildman–Crippen LogP) is 2.23. The third kappa shape index (κ3) is 5.09. The zero-order chi connectivity index (χ0) is 12.0. The number of nitrogens with one attached hydrogen (secondary N) is 1. The van der Waals surface area contributed by atoms with Crippen LogP contribution in [0.5, 0.6) is 0 Å². The molecule has 88 valence electrons. The molecule has 1 aromatic carbocycles. The van der Waals surface area contributed by atoms with Gasteiger partial charge in [0.15, 0.2) is 0 Å². The second-order valence-corrected chi connectivity index (χ2v) is 5.65. The average Bonchev–Trinajstić information content (AvgIpc) is 2.26. The summed E-state index contributed by atoms with van der Waals surface area (Å²) < 4.78 is 25.5. The lowest BCUT2D eigenvalue weighted by atomic mass is 10.2. The first kappa shape index (κ1) is 12.9. The Labute approximate surface area is 97.2 Å². The van der Waals surface area contributed by atoms with Gasteiger partial charge in [0.05, 0.1) is 0 Å². The van der Waals surface area contributed by atoms with E-state index in [1.807, 2.05) is 44.2 Å². The molecule has 0 radical (unpaired) electrons. The van der Waals surface area contributed by atoms with Crippen molar-refractivity contribution >= 4 is 16.1 Å². The Balaban J connectivity index is 2.63. The zero-order valence-corrected chi connectivity index (χ0v) is 10.4. The summed E-state index contributed by atoms with van der Waals surface area (Å²) >= 11 is 0. The molecule has 16 heavy (non-hydrogen) atoms. The topological polar surface area (TPSA) is 46.2 Å². The number of rotatable bonds is 5. The number of benzene rings is 1. The highest BCUT2D eigenvalue weighted by Gasteiger charge is 2.04.